The molecule has 0 aromatic heterocycles. The average Bonchev–Trinajstić information content (AvgIpc) is 2.23. The number of likely N-dealkylation sites (N-methyl/N-ethyl adjacent to an activating group) is 1. The van der Waals surface area contributed by atoms with Gasteiger partial charge in [-0.25, -0.2) is 4.39 Å². The molecule has 0 saturated carbocycles. The normalized spacial score (nSPS) is 15.3. The van der Waals surface area contributed by atoms with Gasteiger partial charge in [-0.1, -0.05) is 28.6 Å². The molecule has 3 heteroatoms. The van der Waals surface area contributed by atoms with E-state index in [-0.39, 0.29) is 5.82 Å². The van der Waals surface area contributed by atoms with Crippen LogP contribution in [0.25, 0.3) is 5.70 Å². The molecule has 0 spiro atoms. The molecule has 16 heavy (non-hydrogen) atoms. The van der Waals surface area contributed by atoms with E-state index in [9.17, 15) is 4.39 Å². The fraction of sp³-hybridized carbons (Fsp3) is 0.0769. The van der Waals surface area contributed by atoms with E-state index in [1.165, 1.54) is 6.07 Å². The summed E-state index contributed by atoms with van der Waals surface area (Å²) >= 11 is 3.24. The standard InChI is InChI=1S/C13H11BrFN/c1-9-4-3-5-13(16(9)2)11-7-6-10(14)8-12(11)15/h3-8H,1H2,2H3. The molecule has 1 aliphatic rings. The lowest BCUT2D eigenvalue weighted by Crippen LogP contribution is -2.17. The molecular formula is C13H11BrFN. The Labute approximate surface area is 103 Å². The van der Waals surface area contributed by atoms with E-state index < -0.39 is 0 Å². The first-order valence-electron chi connectivity index (χ1n) is 4.86. The van der Waals surface area contributed by atoms with Crippen molar-refractivity contribution in [3.63, 3.8) is 0 Å². The van der Waals surface area contributed by atoms with Crippen molar-refractivity contribution in [1.82, 2.24) is 4.90 Å². The van der Waals surface area contributed by atoms with Crippen molar-refractivity contribution in [1.29, 1.82) is 0 Å². The van der Waals surface area contributed by atoms with Crippen LogP contribution in [0, 0.1) is 5.82 Å². The molecule has 1 heterocycles. The van der Waals surface area contributed by atoms with E-state index in [0.29, 0.717) is 5.56 Å². The predicted molar refractivity (Wildman–Crippen MR) is 68.1 cm³/mol. The molecule has 1 aromatic rings. The third-order valence-corrected chi connectivity index (χ3v) is 3.04. The van der Waals surface area contributed by atoms with E-state index in [0.717, 1.165) is 15.9 Å². The highest BCUT2D eigenvalue weighted by Crippen LogP contribution is 2.28. The first kappa shape index (κ1) is 11.1. The molecule has 1 aromatic carbocycles. The van der Waals surface area contributed by atoms with Crippen LogP contribution in [0.3, 0.4) is 0 Å². The lowest BCUT2D eigenvalue weighted by atomic mass is 10.1. The van der Waals surface area contributed by atoms with Gasteiger partial charge < -0.3 is 4.90 Å². The summed E-state index contributed by atoms with van der Waals surface area (Å²) in [4.78, 5) is 1.87. The molecule has 0 N–H and O–H groups in total. The Balaban J connectivity index is 2.48. The zero-order valence-corrected chi connectivity index (χ0v) is 10.5. The molecule has 0 aliphatic carbocycles. The summed E-state index contributed by atoms with van der Waals surface area (Å²) in [7, 11) is 1.87. The smallest absolute Gasteiger partial charge is 0.133 e. The molecule has 82 valence electrons. The fourth-order valence-electron chi connectivity index (χ4n) is 1.60. The van der Waals surface area contributed by atoms with E-state index in [1.807, 2.05) is 36.2 Å². The lowest BCUT2D eigenvalue weighted by molar-refractivity contribution is 0.586. The van der Waals surface area contributed by atoms with E-state index in [4.69, 9.17) is 0 Å². The minimum atomic E-state index is -0.240. The van der Waals surface area contributed by atoms with E-state index in [2.05, 4.69) is 22.5 Å². The van der Waals surface area contributed by atoms with Crippen LogP contribution in [0.5, 0.6) is 0 Å². The van der Waals surface area contributed by atoms with Gasteiger partial charge in [-0.05, 0) is 30.4 Å². The molecule has 0 amide bonds. The van der Waals surface area contributed by atoms with Gasteiger partial charge in [-0.2, -0.15) is 0 Å². The summed E-state index contributed by atoms with van der Waals surface area (Å²) in [5, 5.41) is 0. The summed E-state index contributed by atoms with van der Waals surface area (Å²) in [5.74, 6) is -0.240. The molecule has 1 aliphatic heterocycles. The van der Waals surface area contributed by atoms with Crippen LogP contribution in [-0.2, 0) is 0 Å². The van der Waals surface area contributed by atoms with Crippen molar-refractivity contribution >= 4 is 21.6 Å². The number of benzene rings is 1. The Morgan fingerprint density at radius 1 is 1.38 bits per heavy atom. The van der Waals surface area contributed by atoms with E-state index in [1.54, 1.807) is 6.07 Å². The summed E-state index contributed by atoms with van der Waals surface area (Å²) in [6.07, 6.45) is 5.64. The van der Waals surface area contributed by atoms with Gasteiger partial charge in [0.2, 0.25) is 0 Å². The highest BCUT2D eigenvalue weighted by Gasteiger charge is 2.15. The highest BCUT2D eigenvalue weighted by atomic mass is 79.9. The Kier molecular flexibility index (Phi) is 2.97. The molecule has 0 saturated heterocycles. The van der Waals surface area contributed by atoms with Crippen molar-refractivity contribution in [2.75, 3.05) is 7.05 Å². The number of nitrogens with zero attached hydrogens (tertiary/aromatic N) is 1. The van der Waals surface area contributed by atoms with Gasteiger partial charge in [0, 0.05) is 22.8 Å². The Morgan fingerprint density at radius 3 is 2.81 bits per heavy atom. The predicted octanol–water partition coefficient (Wildman–Crippen LogP) is 3.94. The second-order valence-corrected chi connectivity index (χ2v) is 4.50. The van der Waals surface area contributed by atoms with Gasteiger partial charge >= 0.3 is 0 Å². The Morgan fingerprint density at radius 2 is 2.12 bits per heavy atom. The molecule has 0 atom stereocenters. The molecule has 0 fully saturated rings. The Bertz CT molecular complexity index is 503. The van der Waals surface area contributed by atoms with Gasteiger partial charge in [0.05, 0.1) is 5.70 Å². The maximum atomic E-state index is 13.8. The minimum Gasteiger partial charge on any atom is -0.345 e. The molecule has 0 radical (unpaired) electrons. The summed E-state index contributed by atoms with van der Waals surface area (Å²) in [5.41, 5.74) is 2.24. The van der Waals surface area contributed by atoms with Crippen molar-refractivity contribution < 1.29 is 4.39 Å². The van der Waals surface area contributed by atoms with Crippen LogP contribution in [0.4, 0.5) is 4.39 Å². The lowest BCUT2D eigenvalue weighted by Gasteiger charge is -2.25. The van der Waals surface area contributed by atoms with Crippen LogP contribution >= 0.6 is 15.9 Å². The van der Waals surface area contributed by atoms with E-state index >= 15 is 0 Å². The van der Waals surface area contributed by atoms with Gasteiger partial charge in [0.15, 0.2) is 0 Å². The maximum absolute atomic E-state index is 13.8. The Hall–Kier alpha value is -1.35. The van der Waals surface area contributed by atoms with Crippen LogP contribution in [0.15, 0.2) is 53.2 Å². The molecule has 2 rings (SSSR count). The summed E-state index contributed by atoms with van der Waals surface area (Å²) < 4.78 is 14.5. The summed E-state index contributed by atoms with van der Waals surface area (Å²) in [6.45, 7) is 3.88. The summed E-state index contributed by atoms with van der Waals surface area (Å²) in [6, 6.07) is 5.05. The topological polar surface area (TPSA) is 3.24 Å². The van der Waals surface area contributed by atoms with Crippen molar-refractivity contribution in [3.8, 4) is 0 Å². The largest absolute Gasteiger partial charge is 0.345 e. The molecule has 0 unspecified atom stereocenters. The fourth-order valence-corrected chi connectivity index (χ4v) is 1.93. The average molecular weight is 280 g/mol. The van der Waals surface area contributed by atoms with Crippen molar-refractivity contribution in [2.45, 2.75) is 0 Å². The second kappa shape index (κ2) is 4.26. The SMILES string of the molecule is C=C1C=CC=C(c2ccc(Br)cc2F)N1C. The third kappa shape index (κ3) is 1.95. The first-order chi connectivity index (χ1) is 7.59. The third-order valence-electron chi connectivity index (χ3n) is 2.54. The number of rotatable bonds is 1. The quantitative estimate of drug-likeness (QED) is 0.753. The molecule has 0 bridgehead atoms. The molecular weight excluding hydrogens is 269 g/mol. The van der Waals surface area contributed by atoms with Gasteiger partial charge in [0.25, 0.3) is 0 Å². The van der Waals surface area contributed by atoms with Gasteiger partial charge in [-0.3, -0.25) is 0 Å². The maximum Gasteiger partial charge on any atom is 0.133 e. The first-order valence-corrected chi connectivity index (χ1v) is 5.65. The second-order valence-electron chi connectivity index (χ2n) is 3.59. The monoisotopic (exact) mass is 279 g/mol. The minimum absolute atomic E-state index is 0.240. The van der Waals surface area contributed by atoms with Crippen LogP contribution in [-0.4, -0.2) is 11.9 Å². The van der Waals surface area contributed by atoms with Crippen LogP contribution in [0.1, 0.15) is 5.56 Å². The zero-order chi connectivity index (χ0) is 11.7. The number of allylic oxidation sites excluding steroid dienone is 3. The van der Waals surface area contributed by atoms with Crippen LogP contribution < -0.4 is 0 Å². The molecule has 1 nitrogen and oxygen atoms in total. The number of halogens is 2. The number of hydrogen-bond acceptors (Lipinski definition) is 1. The van der Waals surface area contributed by atoms with Gasteiger partial charge in [-0.15, -0.1) is 0 Å². The van der Waals surface area contributed by atoms with Gasteiger partial charge in [0.1, 0.15) is 5.82 Å². The van der Waals surface area contributed by atoms with Crippen molar-refractivity contribution in [2.24, 2.45) is 0 Å². The number of hydrogen-bond donors (Lipinski definition) is 0. The zero-order valence-electron chi connectivity index (χ0n) is 8.87. The van der Waals surface area contributed by atoms with Crippen LogP contribution in [0.2, 0.25) is 0 Å². The van der Waals surface area contributed by atoms with Crippen molar-refractivity contribution in [3.05, 3.63) is 64.6 Å². The highest BCUT2D eigenvalue weighted by molar-refractivity contribution is 9.10.